The predicted molar refractivity (Wildman–Crippen MR) is 197 cm³/mol. The lowest BCUT2D eigenvalue weighted by atomic mass is 9.94. The third-order valence-electron chi connectivity index (χ3n) is 9.14. The highest BCUT2D eigenvalue weighted by Gasteiger charge is 2.20. The van der Waals surface area contributed by atoms with Gasteiger partial charge in [-0.25, -0.2) is 0 Å². The van der Waals surface area contributed by atoms with Crippen molar-refractivity contribution in [3.63, 3.8) is 0 Å². The van der Waals surface area contributed by atoms with Crippen molar-refractivity contribution in [2.45, 2.75) is 20.8 Å². The van der Waals surface area contributed by atoms with Crippen molar-refractivity contribution in [1.82, 2.24) is 4.57 Å². The molecule has 2 aromatic heterocycles. The number of aryl methyl sites for hydroxylation is 3. The van der Waals surface area contributed by atoms with E-state index in [2.05, 4.69) is 171 Å². The molecule has 0 amide bonds. The monoisotopic (exact) mass is 595 g/mol. The van der Waals surface area contributed by atoms with Gasteiger partial charge in [-0.15, -0.1) is 11.3 Å². The molecule has 0 aliphatic rings. The molecule has 0 radical (unpaired) electrons. The summed E-state index contributed by atoms with van der Waals surface area (Å²) in [6, 6.07) is 52.4. The summed E-state index contributed by atoms with van der Waals surface area (Å²) in [5, 5.41) is 8.08. The molecule has 0 fully saturated rings. The molecule has 0 atom stereocenters. The summed E-state index contributed by atoms with van der Waals surface area (Å²) in [6.45, 7) is 6.63. The molecule has 0 bridgehead atoms. The van der Waals surface area contributed by atoms with E-state index < -0.39 is 0 Å². The van der Waals surface area contributed by atoms with Gasteiger partial charge in [0, 0.05) is 36.6 Å². The molecule has 9 aromatic rings. The van der Waals surface area contributed by atoms with Gasteiger partial charge in [0.05, 0.1) is 11.0 Å². The Kier molecular flexibility index (Phi) is 6.73. The number of hydrogen-bond acceptors (Lipinski definition) is 1. The second-order valence-electron chi connectivity index (χ2n) is 11.8. The van der Waals surface area contributed by atoms with E-state index in [9.17, 15) is 0 Å². The predicted octanol–water partition coefficient (Wildman–Crippen LogP) is 12.6. The van der Waals surface area contributed by atoms with Gasteiger partial charge in [0.25, 0.3) is 0 Å². The minimum absolute atomic E-state index is 1.20. The molecule has 9 rings (SSSR count). The molecule has 2 heterocycles. The first-order chi connectivity index (χ1) is 22.1. The van der Waals surface area contributed by atoms with Gasteiger partial charge in [-0.2, -0.15) is 0 Å². The standard InChI is InChI=1S/C32H23NS.C11H10/c1-20-10-6-7-13-23(20)24-16-17-26-30-27(33(32(26)21(24)2)22-11-4-3-5-12-22)18-19-29-31(30)25-14-8-9-15-28(25)34-29;1-9-5-4-7-10-6-2-3-8-11(9)10/h3-19H,1-2H3;2-8H,1H3. The van der Waals surface area contributed by atoms with Gasteiger partial charge in [0.1, 0.15) is 0 Å². The fourth-order valence-corrected chi connectivity index (χ4v) is 8.09. The van der Waals surface area contributed by atoms with Crippen LogP contribution in [0.25, 0.3) is 69.6 Å². The number of para-hydroxylation sites is 1. The van der Waals surface area contributed by atoms with E-state index in [-0.39, 0.29) is 0 Å². The van der Waals surface area contributed by atoms with Crippen LogP contribution in [0.1, 0.15) is 16.7 Å². The van der Waals surface area contributed by atoms with E-state index in [0.29, 0.717) is 0 Å². The summed E-state index contributed by atoms with van der Waals surface area (Å²) in [6.07, 6.45) is 0. The van der Waals surface area contributed by atoms with Crippen molar-refractivity contribution in [1.29, 1.82) is 0 Å². The Morgan fingerprint density at radius 2 is 1.13 bits per heavy atom. The zero-order valence-electron chi connectivity index (χ0n) is 25.7. The molecule has 0 N–H and O–H groups in total. The molecule has 0 saturated heterocycles. The van der Waals surface area contributed by atoms with Gasteiger partial charge < -0.3 is 4.57 Å². The molecule has 0 aliphatic carbocycles. The third-order valence-corrected chi connectivity index (χ3v) is 10.3. The number of nitrogens with zero attached hydrogens (tertiary/aromatic N) is 1. The van der Waals surface area contributed by atoms with E-state index in [1.54, 1.807) is 0 Å². The van der Waals surface area contributed by atoms with Crippen LogP contribution in [0.2, 0.25) is 0 Å². The van der Waals surface area contributed by atoms with Gasteiger partial charge in [0.2, 0.25) is 0 Å². The summed E-state index contributed by atoms with van der Waals surface area (Å²) < 4.78 is 5.16. The van der Waals surface area contributed by atoms with Crippen LogP contribution in [0.4, 0.5) is 0 Å². The van der Waals surface area contributed by atoms with Gasteiger partial charge in [-0.3, -0.25) is 0 Å². The fraction of sp³-hybridized carbons (Fsp3) is 0.0698. The second-order valence-corrected chi connectivity index (χ2v) is 12.9. The van der Waals surface area contributed by atoms with E-state index >= 15 is 0 Å². The van der Waals surface area contributed by atoms with Crippen LogP contribution in [0.15, 0.2) is 146 Å². The Balaban J connectivity index is 0.000000230. The van der Waals surface area contributed by atoms with Gasteiger partial charge in [-0.05, 0) is 89.7 Å². The highest BCUT2D eigenvalue weighted by Crippen LogP contribution is 2.45. The minimum atomic E-state index is 1.20. The first kappa shape index (κ1) is 27.4. The van der Waals surface area contributed by atoms with Gasteiger partial charge in [-0.1, -0.05) is 115 Å². The lowest BCUT2D eigenvalue weighted by molar-refractivity contribution is 1.17. The Morgan fingerprint density at radius 1 is 0.444 bits per heavy atom. The van der Waals surface area contributed by atoms with Crippen molar-refractivity contribution in [3.05, 3.63) is 162 Å². The number of benzene rings is 7. The average Bonchev–Trinajstić information content (AvgIpc) is 3.63. The first-order valence-electron chi connectivity index (χ1n) is 15.5. The lowest BCUT2D eigenvalue weighted by Crippen LogP contribution is -1.96. The average molecular weight is 596 g/mol. The highest BCUT2D eigenvalue weighted by molar-refractivity contribution is 7.26. The van der Waals surface area contributed by atoms with E-state index in [4.69, 9.17) is 0 Å². The number of thiophene rings is 1. The number of fused-ring (bicyclic) bond motifs is 8. The maximum atomic E-state index is 2.47. The van der Waals surface area contributed by atoms with E-state index in [1.807, 2.05) is 11.3 Å². The summed E-state index contributed by atoms with van der Waals surface area (Å²) in [4.78, 5) is 0. The molecule has 0 aliphatic heterocycles. The van der Waals surface area contributed by atoms with Crippen LogP contribution in [-0.2, 0) is 0 Å². The summed E-state index contributed by atoms with van der Waals surface area (Å²) in [5.74, 6) is 0. The molecule has 1 nitrogen and oxygen atoms in total. The quantitative estimate of drug-likeness (QED) is 0.187. The molecule has 7 aromatic carbocycles. The zero-order valence-corrected chi connectivity index (χ0v) is 26.5. The maximum absolute atomic E-state index is 2.47. The van der Waals surface area contributed by atoms with Crippen LogP contribution in [0.3, 0.4) is 0 Å². The van der Waals surface area contributed by atoms with Crippen LogP contribution < -0.4 is 0 Å². The Labute approximate surface area is 267 Å². The van der Waals surface area contributed by atoms with Crippen molar-refractivity contribution >= 4 is 64.1 Å². The fourth-order valence-electron chi connectivity index (χ4n) is 6.97. The summed E-state index contributed by atoms with van der Waals surface area (Å²) >= 11 is 1.89. The number of rotatable bonds is 2. The van der Waals surface area contributed by atoms with Crippen molar-refractivity contribution in [2.24, 2.45) is 0 Å². The molecule has 0 spiro atoms. The largest absolute Gasteiger partial charge is 0.309 e. The van der Waals surface area contributed by atoms with Crippen LogP contribution in [0, 0.1) is 20.8 Å². The van der Waals surface area contributed by atoms with Crippen molar-refractivity contribution in [2.75, 3.05) is 0 Å². The lowest BCUT2D eigenvalue weighted by Gasteiger charge is -2.14. The molecular weight excluding hydrogens is 563 g/mol. The van der Waals surface area contributed by atoms with E-state index in [0.717, 1.165) is 0 Å². The molecule has 0 saturated carbocycles. The van der Waals surface area contributed by atoms with Gasteiger partial charge >= 0.3 is 0 Å². The zero-order chi connectivity index (χ0) is 30.5. The Bertz CT molecular complexity index is 2510. The topological polar surface area (TPSA) is 4.93 Å². The van der Waals surface area contributed by atoms with Crippen LogP contribution in [-0.4, -0.2) is 4.57 Å². The minimum Gasteiger partial charge on any atom is -0.309 e. The maximum Gasteiger partial charge on any atom is 0.0576 e. The molecule has 2 heteroatoms. The number of aromatic nitrogens is 1. The van der Waals surface area contributed by atoms with Crippen LogP contribution >= 0.6 is 11.3 Å². The van der Waals surface area contributed by atoms with Crippen LogP contribution in [0.5, 0.6) is 0 Å². The molecule has 0 unspecified atom stereocenters. The SMILES string of the molecule is Cc1cccc2ccccc12.Cc1ccccc1-c1ccc2c3c4c(ccc3n(-c3ccccc3)c2c1C)sc1ccccc14. The Hall–Kier alpha value is -5.18. The number of hydrogen-bond donors (Lipinski definition) is 0. The molecule has 45 heavy (non-hydrogen) atoms. The normalized spacial score (nSPS) is 11.4. The highest BCUT2D eigenvalue weighted by atomic mass is 32.1. The summed E-state index contributed by atoms with van der Waals surface area (Å²) in [7, 11) is 0. The Morgan fingerprint density at radius 3 is 1.96 bits per heavy atom. The second kappa shape index (κ2) is 11.1. The molecular formula is C43H33NS. The van der Waals surface area contributed by atoms with Gasteiger partial charge in [0.15, 0.2) is 0 Å². The smallest absolute Gasteiger partial charge is 0.0576 e. The third kappa shape index (κ3) is 4.53. The summed E-state index contributed by atoms with van der Waals surface area (Å²) in [5.41, 5.74) is 10.3. The van der Waals surface area contributed by atoms with E-state index in [1.165, 1.54) is 86.3 Å². The first-order valence-corrected chi connectivity index (χ1v) is 16.4. The van der Waals surface area contributed by atoms with Crippen molar-refractivity contribution < 1.29 is 0 Å². The van der Waals surface area contributed by atoms with Crippen molar-refractivity contribution in [3.8, 4) is 16.8 Å². The molecule has 216 valence electrons.